The summed E-state index contributed by atoms with van der Waals surface area (Å²) in [7, 11) is -2.28. The van der Waals surface area contributed by atoms with Crippen LogP contribution in [0.1, 0.15) is 21.5 Å². The highest BCUT2D eigenvalue weighted by Gasteiger charge is 2.19. The quantitative estimate of drug-likeness (QED) is 0.887. The number of anilines is 1. The lowest BCUT2D eigenvalue weighted by Crippen LogP contribution is -2.20. The molecule has 0 spiro atoms. The van der Waals surface area contributed by atoms with Crippen LogP contribution in [0.15, 0.2) is 41.3 Å². The predicted molar refractivity (Wildman–Crippen MR) is 91.6 cm³/mol. The summed E-state index contributed by atoms with van der Waals surface area (Å²) in [5, 5.41) is 2.87. The smallest absolute Gasteiger partial charge is 0.262 e. The van der Waals surface area contributed by atoms with Crippen LogP contribution in [-0.2, 0) is 10.0 Å². The van der Waals surface area contributed by atoms with E-state index < -0.39 is 10.0 Å². The van der Waals surface area contributed by atoms with Gasteiger partial charge in [0.1, 0.15) is 0 Å². The Balaban J connectivity index is 2.46. The summed E-state index contributed by atoms with van der Waals surface area (Å²) in [6.07, 6.45) is 0. The molecule has 0 saturated carbocycles. The van der Waals surface area contributed by atoms with E-state index in [9.17, 15) is 13.2 Å². The van der Waals surface area contributed by atoms with Crippen LogP contribution in [0.3, 0.4) is 0 Å². The molecule has 0 aliphatic carbocycles. The number of hydrogen-bond donors (Lipinski definition) is 2. The average molecular weight is 353 g/mol. The third-order valence-corrected chi connectivity index (χ3v) is 5.23. The van der Waals surface area contributed by atoms with Crippen LogP contribution < -0.4 is 10.0 Å². The van der Waals surface area contributed by atoms with E-state index in [1.165, 1.54) is 13.1 Å². The number of aryl methyl sites for hydroxylation is 1. The monoisotopic (exact) mass is 352 g/mol. The molecular weight excluding hydrogens is 336 g/mol. The Morgan fingerprint density at radius 1 is 1.13 bits per heavy atom. The van der Waals surface area contributed by atoms with Crippen molar-refractivity contribution < 1.29 is 13.2 Å². The summed E-state index contributed by atoms with van der Waals surface area (Å²) in [4.78, 5) is 11.9. The SMILES string of the molecule is CNC(=O)c1cccc(NS(=O)(=O)c2cc(Cl)ccc2C)c1C. The zero-order valence-corrected chi connectivity index (χ0v) is 14.5. The van der Waals surface area contributed by atoms with Crippen LogP contribution in [0.25, 0.3) is 0 Å². The molecule has 5 nitrogen and oxygen atoms in total. The molecule has 2 N–H and O–H groups in total. The topological polar surface area (TPSA) is 75.3 Å². The minimum absolute atomic E-state index is 0.106. The molecule has 0 saturated heterocycles. The molecule has 0 aromatic heterocycles. The van der Waals surface area contributed by atoms with Crippen LogP contribution in [0.5, 0.6) is 0 Å². The van der Waals surface area contributed by atoms with Gasteiger partial charge in [-0.2, -0.15) is 0 Å². The number of carbonyl (C=O) groups excluding carboxylic acids is 1. The van der Waals surface area contributed by atoms with Gasteiger partial charge in [0, 0.05) is 17.6 Å². The first-order valence-electron chi connectivity index (χ1n) is 6.87. The van der Waals surface area contributed by atoms with E-state index in [0.29, 0.717) is 27.4 Å². The Bertz CT molecular complexity index is 864. The third kappa shape index (κ3) is 3.65. The largest absolute Gasteiger partial charge is 0.355 e. The van der Waals surface area contributed by atoms with Gasteiger partial charge in [-0.05, 0) is 49.2 Å². The van der Waals surface area contributed by atoms with Crippen molar-refractivity contribution >= 4 is 33.2 Å². The molecule has 2 aromatic carbocycles. The van der Waals surface area contributed by atoms with Crippen molar-refractivity contribution in [1.29, 1.82) is 0 Å². The number of benzene rings is 2. The van der Waals surface area contributed by atoms with Gasteiger partial charge in [-0.1, -0.05) is 23.7 Å². The molecule has 1 amide bonds. The van der Waals surface area contributed by atoms with Gasteiger partial charge in [0.2, 0.25) is 0 Å². The highest BCUT2D eigenvalue weighted by atomic mass is 35.5. The number of carbonyl (C=O) groups is 1. The molecule has 0 radical (unpaired) electrons. The molecule has 0 bridgehead atoms. The first-order valence-corrected chi connectivity index (χ1v) is 8.73. The summed E-state index contributed by atoms with van der Waals surface area (Å²) in [5.41, 5.74) is 1.90. The molecular formula is C16H17ClN2O3S. The Morgan fingerprint density at radius 3 is 2.48 bits per heavy atom. The molecule has 0 unspecified atom stereocenters. The van der Waals surface area contributed by atoms with Crippen LogP contribution in [0.4, 0.5) is 5.69 Å². The van der Waals surface area contributed by atoms with Gasteiger partial charge in [0.25, 0.3) is 15.9 Å². The lowest BCUT2D eigenvalue weighted by atomic mass is 10.1. The summed E-state index contributed by atoms with van der Waals surface area (Å²) in [6.45, 7) is 3.38. The second-order valence-corrected chi connectivity index (χ2v) is 7.16. The summed E-state index contributed by atoms with van der Waals surface area (Å²) >= 11 is 5.90. The van der Waals surface area contributed by atoms with Gasteiger partial charge >= 0.3 is 0 Å². The fourth-order valence-corrected chi connectivity index (χ4v) is 3.82. The molecule has 0 atom stereocenters. The Hall–Kier alpha value is -2.05. The van der Waals surface area contributed by atoms with Crippen molar-refractivity contribution in [2.45, 2.75) is 18.7 Å². The number of amides is 1. The maximum atomic E-state index is 12.6. The number of halogens is 1. The van der Waals surface area contributed by atoms with E-state index in [1.54, 1.807) is 44.2 Å². The van der Waals surface area contributed by atoms with Gasteiger partial charge in [0.15, 0.2) is 0 Å². The van der Waals surface area contributed by atoms with Gasteiger partial charge < -0.3 is 5.32 Å². The molecule has 0 aliphatic rings. The number of nitrogens with one attached hydrogen (secondary N) is 2. The van der Waals surface area contributed by atoms with Crippen LogP contribution >= 0.6 is 11.6 Å². The normalized spacial score (nSPS) is 11.1. The zero-order chi connectivity index (χ0) is 17.2. The van der Waals surface area contributed by atoms with E-state index in [0.717, 1.165) is 0 Å². The highest BCUT2D eigenvalue weighted by Crippen LogP contribution is 2.25. The van der Waals surface area contributed by atoms with Crippen molar-refractivity contribution in [3.05, 3.63) is 58.1 Å². The van der Waals surface area contributed by atoms with E-state index >= 15 is 0 Å². The average Bonchev–Trinajstić information content (AvgIpc) is 2.50. The second kappa shape index (κ2) is 6.60. The Morgan fingerprint density at radius 2 is 1.83 bits per heavy atom. The standard InChI is InChI=1S/C16H17ClN2O3S/c1-10-7-8-12(17)9-15(10)23(21,22)19-14-6-4-5-13(11(14)2)16(20)18-3/h4-9,19H,1-3H3,(H,18,20). The predicted octanol–water partition coefficient (Wildman–Crippen LogP) is 3.12. The maximum absolute atomic E-state index is 12.6. The molecule has 23 heavy (non-hydrogen) atoms. The van der Waals surface area contributed by atoms with Gasteiger partial charge in [-0.3, -0.25) is 9.52 Å². The fraction of sp³-hybridized carbons (Fsp3) is 0.188. The summed E-state index contributed by atoms with van der Waals surface area (Å²) in [6, 6.07) is 9.55. The van der Waals surface area contributed by atoms with Crippen LogP contribution in [0, 0.1) is 13.8 Å². The molecule has 2 rings (SSSR count). The molecule has 7 heteroatoms. The van der Waals surface area contributed by atoms with Crippen molar-refractivity contribution in [3.8, 4) is 0 Å². The minimum Gasteiger partial charge on any atom is -0.355 e. The van der Waals surface area contributed by atoms with E-state index in [1.807, 2.05) is 0 Å². The summed E-state index contributed by atoms with van der Waals surface area (Å²) < 4.78 is 27.7. The van der Waals surface area contributed by atoms with Crippen LogP contribution in [-0.4, -0.2) is 21.4 Å². The lowest BCUT2D eigenvalue weighted by Gasteiger charge is -2.14. The Labute approximate surface area is 140 Å². The van der Waals surface area contributed by atoms with Gasteiger partial charge in [0.05, 0.1) is 10.6 Å². The molecule has 0 aliphatic heterocycles. The number of hydrogen-bond acceptors (Lipinski definition) is 3. The minimum atomic E-state index is -3.80. The van der Waals surface area contributed by atoms with Gasteiger partial charge in [-0.25, -0.2) is 8.42 Å². The lowest BCUT2D eigenvalue weighted by molar-refractivity contribution is 0.0962. The van der Waals surface area contributed by atoms with Crippen molar-refractivity contribution in [3.63, 3.8) is 0 Å². The number of rotatable bonds is 4. The van der Waals surface area contributed by atoms with Crippen molar-refractivity contribution in [2.75, 3.05) is 11.8 Å². The first kappa shape index (κ1) is 17.3. The molecule has 0 fully saturated rings. The van der Waals surface area contributed by atoms with E-state index in [4.69, 9.17) is 11.6 Å². The van der Waals surface area contributed by atoms with E-state index in [-0.39, 0.29) is 10.8 Å². The maximum Gasteiger partial charge on any atom is 0.262 e. The van der Waals surface area contributed by atoms with Crippen molar-refractivity contribution in [1.82, 2.24) is 5.32 Å². The zero-order valence-electron chi connectivity index (χ0n) is 13.0. The van der Waals surface area contributed by atoms with E-state index in [2.05, 4.69) is 10.0 Å². The second-order valence-electron chi connectivity index (χ2n) is 5.07. The van der Waals surface area contributed by atoms with Gasteiger partial charge in [-0.15, -0.1) is 0 Å². The molecule has 122 valence electrons. The number of sulfonamides is 1. The van der Waals surface area contributed by atoms with Crippen molar-refractivity contribution in [2.24, 2.45) is 0 Å². The molecule has 0 heterocycles. The van der Waals surface area contributed by atoms with Crippen LogP contribution in [0.2, 0.25) is 5.02 Å². The highest BCUT2D eigenvalue weighted by molar-refractivity contribution is 7.92. The first-order chi connectivity index (χ1) is 10.8. The molecule has 2 aromatic rings. The Kier molecular flexibility index (Phi) is 4.97. The summed E-state index contributed by atoms with van der Waals surface area (Å²) in [5.74, 6) is -0.275. The third-order valence-electron chi connectivity index (χ3n) is 3.49. The fourth-order valence-electron chi connectivity index (χ4n) is 2.19.